The van der Waals surface area contributed by atoms with Crippen LogP contribution in [0.1, 0.15) is 5.56 Å². The topological polar surface area (TPSA) is 72.2 Å². The van der Waals surface area contributed by atoms with Gasteiger partial charge < -0.3 is 5.73 Å². The molecule has 20 heavy (non-hydrogen) atoms. The minimum atomic E-state index is -3.93. The normalized spacial score (nSPS) is 11.3. The van der Waals surface area contributed by atoms with Crippen molar-refractivity contribution in [3.63, 3.8) is 0 Å². The molecule has 0 aliphatic rings. The molecule has 0 unspecified atom stereocenters. The van der Waals surface area contributed by atoms with E-state index >= 15 is 0 Å². The summed E-state index contributed by atoms with van der Waals surface area (Å²) in [5, 5.41) is 0. The van der Waals surface area contributed by atoms with Gasteiger partial charge in [-0.3, -0.25) is 4.72 Å². The Bertz CT molecular complexity index is 713. The molecule has 0 saturated heterocycles. The molecule has 0 radical (unpaired) electrons. The van der Waals surface area contributed by atoms with Crippen molar-refractivity contribution in [1.29, 1.82) is 0 Å². The molecule has 0 aromatic heterocycles. The minimum Gasteiger partial charge on any atom is -0.399 e. The number of halogens is 2. The summed E-state index contributed by atoms with van der Waals surface area (Å²) in [4.78, 5) is 0. The Morgan fingerprint density at radius 3 is 2.25 bits per heavy atom. The zero-order chi connectivity index (χ0) is 14.8. The molecule has 2 rings (SSSR count). The molecule has 2 aromatic rings. The smallest absolute Gasteiger partial charge is 0.237 e. The van der Waals surface area contributed by atoms with Crippen LogP contribution in [-0.4, -0.2) is 8.42 Å². The van der Waals surface area contributed by atoms with Crippen LogP contribution in [0.5, 0.6) is 0 Å². The van der Waals surface area contributed by atoms with Gasteiger partial charge in [-0.25, -0.2) is 17.2 Å². The van der Waals surface area contributed by atoms with Gasteiger partial charge >= 0.3 is 0 Å². The summed E-state index contributed by atoms with van der Waals surface area (Å²) in [7, 11) is -3.93. The maximum atomic E-state index is 13.4. The van der Waals surface area contributed by atoms with Crippen LogP contribution >= 0.6 is 0 Å². The number of hydrogen-bond acceptors (Lipinski definition) is 3. The second-order valence-electron chi connectivity index (χ2n) is 4.20. The number of nitrogens with one attached hydrogen (secondary N) is 1. The number of nitrogen functional groups attached to an aromatic ring is 1. The van der Waals surface area contributed by atoms with Crippen LogP contribution < -0.4 is 10.5 Å². The standard InChI is InChI=1S/C13H12F2N2O2S/c14-11-5-2-6-12(15)13(11)17-20(18,19)8-9-3-1-4-10(16)7-9/h1-7,17H,8,16H2. The molecule has 2 aromatic carbocycles. The van der Waals surface area contributed by atoms with E-state index in [1.165, 1.54) is 6.07 Å². The van der Waals surface area contributed by atoms with E-state index in [9.17, 15) is 17.2 Å². The van der Waals surface area contributed by atoms with Crippen molar-refractivity contribution in [2.24, 2.45) is 0 Å². The number of anilines is 2. The highest BCUT2D eigenvalue weighted by Crippen LogP contribution is 2.21. The second-order valence-corrected chi connectivity index (χ2v) is 5.93. The molecule has 0 atom stereocenters. The Kier molecular flexibility index (Phi) is 3.89. The highest BCUT2D eigenvalue weighted by molar-refractivity contribution is 7.91. The van der Waals surface area contributed by atoms with Crippen LogP contribution in [0.25, 0.3) is 0 Å². The first-order chi connectivity index (χ1) is 9.37. The van der Waals surface area contributed by atoms with E-state index in [1.807, 2.05) is 4.72 Å². The Balaban J connectivity index is 2.24. The van der Waals surface area contributed by atoms with Gasteiger partial charge in [-0.2, -0.15) is 0 Å². The lowest BCUT2D eigenvalue weighted by Crippen LogP contribution is -2.17. The molecular formula is C13H12F2N2O2S. The molecule has 0 fully saturated rings. The SMILES string of the molecule is Nc1cccc(CS(=O)(=O)Nc2c(F)cccc2F)c1. The molecule has 0 aliphatic carbocycles. The highest BCUT2D eigenvalue weighted by atomic mass is 32.2. The van der Waals surface area contributed by atoms with Crippen molar-refractivity contribution in [2.75, 3.05) is 10.5 Å². The molecule has 4 nitrogen and oxygen atoms in total. The van der Waals surface area contributed by atoms with Gasteiger partial charge in [0.15, 0.2) is 0 Å². The van der Waals surface area contributed by atoms with Gasteiger partial charge in [0, 0.05) is 5.69 Å². The van der Waals surface area contributed by atoms with Crippen molar-refractivity contribution < 1.29 is 17.2 Å². The second kappa shape index (κ2) is 5.46. The van der Waals surface area contributed by atoms with Crippen molar-refractivity contribution in [2.45, 2.75) is 5.75 Å². The van der Waals surface area contributed by atoms with E-state index in [1.54, 1.807) is 18.2 Å². The zero-order valence-electron chi connectivity index (χ0n) is 10.3. The summed E-state index contributed by atoms with van der Waals surface area (Å²) in [5.41, 5.74) is 5.70. The van der Waals surface area contributed by atoms with Gasteiger partial charge in [0.05, 0.1) is 5.75 Å². The summed E-state index contributed by atoms with van der Waals surface area (Å²) in [6.07, 6.45) is 0. The predicted octanol–water partition coefficient (Wildman–Crippen LogP) is 2.49. The van der Waals surface area contributed by atoms with E-state index < -0.39 is 33.1 Å². The summed E-state index contributed by atoms with van der Waals surface area (Å²) in [6.45, 7) is 0. The van der Waals surface area contributed by atoms with E-state index in [0.29, 0.717) is 11.3 Å². The molecule has 0 bridgehead atoms. The quantitative estimate of drug-likeness (QED) is 0.852. The number of para-hydroxylation sites is 1. The fourth-order valence-corrected chi connectivity index (χ4v) is 2.89. The minimum absolute atomic E-state index is 0.412. The Labute approximate surface area is 115 Å². The lowest BCUT2D eigenvalue weighted by Gasteiger charge is -2.10. The first-order valence-corrected chi connectivity index (χ1v) is 7.31. The lowest BCUT2D eigenvalue weighted by molar-refractivity contribution is 0.582. The van der Waals surface area contributed by atoms with Crippen LogP contribution in [0.3, 0.4) is 0 Å². The molecule has 0 amide bonds. The lowest BCUT2D eigenvalue weighted by atomic mass is 10.2. The van der Waals surface area contributed by atoms with E-state index in [0.717, 1.165) is 18.2 Å². The summed E-state index contributed by atoms with van der Waals surface area (Å²) in [5.74, 6) is -2.37. The van der Waals surface area contributed by atoms with Gasteiger partial charge in [-0.1, -0.05) is 18.2 Å². The van der Waals surface area contributed by atoms with Gasteiger partial charge in [0.25, 0.3) is 0 Å². The van der Waals surface area contributed by atoms with Crippen molar-refractivity contribution in [1.82, 2.24) is 0 Å². The van der Waals surface area contributed by atoms with Crippen LogP contribution in [-0.2, 0) is 15.8 Å². The fraction of sp³-hybridized carbons (Fsp3) is 0.0769. The average molecular weight is 298 g/mol. The third-order valence-corrected chi connectivity index (χ3v) is 3.76. The summed E-state index contributed by atoms with van der Waals surface area (Å²) < 4.78 is 52.5. The van der Waals surface area contributed by atoms with Gasteiger partial charge in [-0.05, 0) is 29.8 Å². The Hall–Kier alpha value is -2.15. The zero-order valence-corrected chi connectivity index (χ0v) is 11.1. The van der Waals surface area contributed by atoms with Crippen LogP contribution in [0.2, 0.25) is 0 Å². The first-order valence-electron chi connectivity index (χ1n) is 5.66. The number of rotatable bonds is 4. The van der Waals surface area contributed by atoms with E-state index in [2.05, 4.69) is 0 Å². The Morgan fingerprint density at radius 2 is 1.65 bits per heavy atom. The number of nitrogens with two attached hydrogens (primary N) is 1. The van der Waals surface area contributed by atoms with Gasteiger partial charge in [0.2, 0.25) is 10.0 Å². The predicted molar refractivity (Wildman–Crippen MR) is 73.5 cm³/mol. The molecular weight excluding hydrogens is 286 g/mol. The van der Waals surface area contributed by atoms with Gasteiger partial charge in [0.1, 0.15) is 17.3 Å². The maximum Gasteiger partial charge on any atom is 0.237 e. The number of benzene rings is 2. The molecule has 0 saturated carbocycles. The third kappa shape index (κ3) is 3.45. The third-order valence-electron chi connectivity index (χ3n) is 2.53. The summed E-state index contributed by atoms with van der Waals surface area (Å²) >= 11 is 0. The summed E-state index contributed by atoms with van der Waals surface area (Å²) in [6, 6.07) is 9.36. The van der Waals surface area contributed by atoms with Crippen molar-refractivity contribution >= 4 is 21.4 Å². The highest BCUT2D eigenvalue weighted by Gasteiger charge is 2.17. The fourth-order valence-electron chi connectivity index (χ4n) is 1.69. The van der Waals surface area contributed by atoms with Crippen LogP contribution in [0.4, 0.5) is 20.2 Å². The Morgan fingerprint density at radius 1 is 1.05 bits per heavy atom. The van der Waals surface area contributed by atoms with E-state index in [-0.39, 0.29) is 0 Å². The maximum absolute atomic E-state index is 13.4. The largest absolute Gasteiger partial charge is 0.399 e. The molecule has 7 heteroatoms. The first kappa shape index (κ1) is 14.3. The molecule has 0 heterocycles. The molecule has 0 spiro atoms. The molecule has 106 valence electrons. The van der Waals surface area contributed by atoms with Crippen molar-refractivity contribution in [3.8, 4) is 0 Å². The average Bonchev–Trinajstić information content (AvgIpc) is 2.33. The van der Waals surface area contributed by atoms with Crippen molar-refractivity contribution in [3.05, 3.63) is 59.7 Å². The van der Waals surface area contributed by atoms with Gasteiger partial charge in [-0.15, -0.1) is 0 Å². The number of sulfonamides is 1. The van der Waals surface area contributed by atoms with E-state index in [4.69, 9.17) is 5.73 Å². The number of hydrogen-bond donors (Lipinski definition) is 2. The van der Waals surface area contributed by atoms with Crippen LogP contribution in [0, 0.1) is 11.6 Å². The van der Waals surface area contributed by atoms with Crippen LogP contribution in [0.15, 0.2) is 42.5 Å². The molecule has 0 aliphatic heterocycles. The monoisotopic (exact) mass is 298 g/mol. The molecule has 3 N–H and O–H groups in total.